The van der Waals surface area contributed by atoms with Crippen molar-refractivity contribution in [2.45, 2.75) is 70.1 Å². The highest BCUT2D eigenvalue weighted by Gasteiger charge is 2.80. The van der Waals surface area contributed by atoms with E-state index in [0.717, 1.165) is 47.1 Å². The summed E-state index contributed by atoms with van der Waals surface area (Å²) in [6.45, 7) is 12.6. The Morgan fingerprint density at radius 1 is 0.510 bits per heavy atom. The summed E-state index contributed by atoms with van der Waals surface area (Å²) in [5.41, 5.74) is -3.43. The lowest BCUT2D eigenvalue weighted by Gasteiger charge is -2.25. The van der Waals surface area contributed by atoms with Crippen LogP contribution in [0.1, 0.15) is 62.4 Å². The van der Waals surface area contributed by atoms with Crippen molar-refractivity contribution < 1.29 is 26.3 Å². The maximum Gasteiger partial charge on any atom is 0.380 e. The Kier molecular flexibility index (Phi) is 8.40. The molecule has 0 N–H and O–H groups in total. The summed E-state index contributed by atoms with van der Waals surface area (Å²) < 4.78 is 94.7. The van der Waals surface area contributed by atoms with E-state index >= 15 is 26.3 Å². The van der Waals surface area contributed by atoms with Crippen LogP contribution < -0.4 is 0 Å². The van der Waals surface area contributed by atoms with Crippen LogP contribution in [-0.2, 0) is 10.8 Å². The fourth-order valence-corrected chi connectivity index (χ4v) is 12.0. The molecule has 1 aliphatic rings. The first-order chi connectivity index (χ1) is 22.8. The SMILES string of the molecule is CC(C)(C)c1ccc(-c2ccc(-c3cc(C4=C(c5cc(-c6ccc(C(C)(C)C)s6)sc5-c5cccs5)C(F)(F)C(F)(F)C4(F)F)cs3)s2)s1. The van der Waals surface area contributed by atoms with Crippen LogP contribution in [0.25, 0.3) is 50.2 Å². The Bertz CT molecular complexity index is 2180. The topological polar surface area (TPSA) is 0 Å². The van der Waals surface area contributed by atoms with Gasteiger partial charge in [-0.2, -0.15) is 26.3 Å². The van der Waals surface area contributed by atoms with Crippen molar-refractivity contribution in [2.24, 2.45) is 0 Å². The minimum atomic E-state index is -5.63. The summed E-state index contributed by atoms with van der Waals surface area (Å²) >= 11 is 8.06. The lowest BCUT2D eigenvalue weighted by atomic mass is 9.95. The van der Waals surface area contributed by atoms with Gasteiger partial charge in [0.05, 0.1) is 4.88 Å². The van der Waals surface area contributed by atoms with Gasteiger partial charge in [0.2, 0.25) is 0 Å². The predicted octanol–water partition coefficient (Wildman–Crippen LogP) is 15.1. The van der Waals surface area contributed by atoms with Crippen molar-refractivity contribution in [3.05, 3.63) is 92.3 Å². The molecule has 0 bridgehead atoms. The molecule has 0 radical (unpaired) electrons. The molecule has 0 aromatic carbocycles. The minimum absolute atomic E-state index is 0.0144. The molecule has 0 fully saturated rings. The summed E-state index contributed by atoms with van der Waals surface area (Å²) in [4.78, 5) is 7.70. The van der Waals surface area contributed by atoms with Crippen LogP contribution in [0.4, 0.5) is 26.3 Å². The largest absolute Gasteiger partial charge is 0.380 e. The van der Waals surface area contributed by atoms with Crippen molar-refractivity contribution >= 4 is 79.2 Å². The lowest BCUT2D eigenvalue weighted by Crippen LogP contribution is -2.48. The fourth-order valence-electron chi connectivity index (χ4n) is 5.69. The van der Waals surface area contributed by atoms with Gasteiger partial charge in [0.1, 0.15) is 0 Å². The number of allylic oxidation sites excluding steroid dienone is 2. The standard InChI is InChI=1S/C37H30F6S6/c1-33(2,3)28-13-11-22(47-28)21-9-10-23(46-21)26-16-19(18-45-26)30-31(36(40,41)37(42,43)35(30,38)39)20-17-27(49-32(20)25-8-7-15-44-25)24-12-14-29(48-24)34(4,5)6/h7-18H,1-6H3. The van der Waals surface area contributed by atoms with E-state index in [4.69, 9.17) is 0 Å². The average Bonchev–Trinajstić information content (AvgIpc) is 3.86. The molecule has 12 heteroatoms. The highest BCUT2D eigenvalue weighted by Crippen LogP contribution is 2.66. The van der Waals surface area contributed by atoms with Crippen molar-refractivity contribution in [3.8, 4) is 39.0 Å². The Labute approximate surface area is 305 Å². The monoisotopic (exact) mass is 780 g/mol. The third-order valence-electron chi connectivity index (χ3n) is 8.33. The molecule has 0 aliphatic heterocycles. The molecule has 6 aromatic heterocycles. The minimum Gasteiger partial charge on any atom is -0.194 e. The Balaban J connectivity index is 1.38. The van der Waals surface area contributed by atoms with Gasteiger partial charge in [-0.1, -0.05) is 47.6 Å². The smallest absolute Gasteiger partial charge is 0.194 e. The zero-order chi connectivity index (χ0) is 35.3. The molecular formula is C37H30F6S6. The summed E-state index contributed by atoms with van der Waals surface area (Å²) in [6.07, 6.45) is 0. The Morgan fingerprint density at radius 3 is 1.59 bits per heavy atom. The zero-order valence-electron chi connectivity index (χ0n) is 27.1. The molecule has 0 spiro atoms. The number of rotatable bonds is 6. The molecule has 0 atom stereocenters. The third kappa shape index (κ3) is 5.74. The second-order valence-corrected chi connectivity index (χ2v) is 20.2. The molecule has 256 valence electrons. The predicted molar refractivity (Wildman–Crippen MR) is 201 cm³/mol. The quantitative estimate of drug-likeness (QED) is 0.148. The van der Waals surface area contributed by atoms with Gasteiger partial charge in [-0.3, -0.25) is 0 Å². The second kappa shape index (κ2) is 11.8. The van der Waals surface area contributed by atoms with Gasteiger partial charge in [-0.25, -0.2) is 0 Å². The summed E-state index contributed by atoms with van der Waals surface area (Å²) in [5.74, 6) is -15.9. The molecule has 0 amide bonds. The van der Waals surface area contributed by atoms with Crippen LogP contribution in [0.2, 0.25) is 0 Å². The van der Waals surface area contributed by atoms with Crippen molar-refractivity contribution in [3.63, 3.8) is 0 Å². The number of halogens is 6. The molecule has 1 aliphatic carbocycles. The number of thiophene rings is 6. The third-order valence-corrected chi connectivity index (χ3v) is 16.1. The lowest BCUT2D eigenvalue weighted by molar-refractivity contribution is -0.254. The van der Waals surface area contributed by atoms with Gasteiger partial charge in [-0.15, -0.1) is 68.0 Å². The zero-order valence-corrected chi connectivity index (χ0v) is 32.0. The number of alkyl halides is 6. The van der Waals surface area contributed by atoms with Crippen LogP contribution in [0.15, 0.2) is 71.4 Å². The van der Waals surface area contributed by atoms with Crippen molar-refractivity contribution in [1.29, 1.82) is 0 Å². The van der Waals surface area contributed by atoms with Crippen LogP contribution in [-0.4, -0.2) is 17.8 Å². The Hall–Kier alpha value is -2.48. The van der Waals surface area contributed by atoms with Crippen molar-refractivity contribution in [2.75, 3.05) is 0 Å². The maximum atomic E-state index is 16.0. The second-order valence-electron chi connectivity index (χ2n) is 14.0. The molecule has 6 aromatic rings. The van der Waals surface area contributed by atoms with E-state index in [0.29, 0.717) is 14.6 Å². The van der Waals surface area contributed by atoms with Gasteiger partial charge in [-0.05, 0) is 81.8 Å². The molecule has 0 saturated heterocycles. The van der Waals surface area contributed by atoms with Gasteiger partial charge < -0.3 is 0 Å². The molecule has 0 nitrogen and oxygen atoms in total. The van der Waals surface area contributed by atoms with E-state index in [1.54, 1.807) is 28.8 Å². The van der Waals surface area contributed by atoms with E-state index in [1.165, 1.54) is 56.4 Å². The van der Waals surface area contributed by atoms with Gasteiger partial charge >= 0.3 is 17.8 Å². The highest BCUT2D eigenvalue weighted by molar-refractivity contribution is 7.27. The first-order valence-corrected chi connectivity index (χ1v) is 20.3. The van der Waals surface area contributed by atoms with Crippen LogP contribution in [0.3, 0.4) is 0 Å². The molecule has 6 heterocycles. The molecule has 49 heavy (non-hydrogen) atoms. The average molecular weight is 781 g/mol. The summed E-state index contributed by atoms with van der Waals surface area (Å²) in [5, 5.41) is 3.04. The maximum absolute atomic E-state index is 16.0. The van der Waals surface area contributed by atoms with Crippen LogP contribution in [0, 0.1) is 0 Å². The normalized spacial score (nSPS) is 17.4. The Morgan fingerprint density at radius 2 is 1.04 bits per heavy atom. The van der Waals surface area contributed by atoms with Crippen molar-refractivity contribution in [1.82, 2.24) is 0 Å². The van der Waals surface area contributed by atoms with Gasteiger partial charge in [0.25, 0.3) is 0 Å². The van der Waals surface area contributed by atoms with E-state index in [2.05, 4.69) is 47.6 Å². The first-order valence-electron chi connectivity index (χ1n) is 15.3. The molecule has 7 rings (SSSR count). The summed E-state index contributed by atoms with van der Waals surface area (Å²) in [7, 11) is 0. The summed E-state index contributed by atoms with van der Waals surface area (Å²) in [6, 6.07) is 17.9. The van der Waals surface area contributed by atoms with E-state index < -0.39 is 28.9 Å². The first kappa shape index (κ1) is 34.9. The van der Waals surface area contributed by atoms with E-state index in [9.17, 15) is 0 Å². The van der Waals surface area contributed by atoms with Gasteiger partial charge in [0, 0.05) is 60.6 Å². The molecule has 0 saturated carbocycles. The highest BCUT2D eigenvalue weighted by atomic mass is 32.1. The van der Waals surface area contributed by atoms with E-state index in [1.807, 2.05) is 30.3 Å². The molecular weight excluding hydrogens is 751 g/mol. The van der Waals surface area contributed by atoms with Crippen LogP contribution in [0.5, 0.6) is 0 Å². The van der Waals surface area contributed by atoms with Gasteiger partial charge in [0.15, 0.2) is 0 Å². The number of hydrogen-bond donors (Lipinski definition) is 0. The van der Waals surface area contributed by atoms with Crippen LogP contribution >= 0.6 is 68.0 Å². The molecule has 0 unspecified atom stereocenters. The number of hydrogen-bond acceptors (Lipinski definition) is 6. The van der Waals surface area contributed by atoms with E-state index in [-0.39, 0.29) is 26.8 Å². The fraction of sp³-hybridized carbons (Fsp3) is 0.297.